The molecule has 0 spiro atoms. The van der Waals surface area contributed by atoms with Crippen LogP contribution in [0.2, 0.25) is 0 Å². The summed E-state index contributed by atoms with van der Waals surface area (Å²) in [6, 6.07) is 0. The first kappa shape index (κ1) is 12.9. The Kier molecular flexibility index (Phi) is 4.19. The zero-order valence-corrected chi connectivity index (χ0v) is 10.8. The fourth-order valence-electron chi connectivity index (χ4n) is 2.24. The topological polar surface area (TPSA) is 67.5 Å². The highest BCUT2D eigenvalue weighted by molar-refractivity contribution is 5.49. The van der Waals surface area contributed by atoms with Gasteiger partial charge in [0.25, 0.3) is 5.56 Å². The van der Waals surface area contributed by atoms with Crippen LogP contribution in [0.3, 0.4) is 0 Å². The number of methoxy groups -OCH3 is 1. The van der Waals surface area contributed by atoms with Crippen molar-refractivity contribution in [2.24, 2.45) is 5.92 Å². The van der Waals surface area contributed by atoms with Crippen LogP contribution in [-0.2, 0) is 4.74 Å². The van der Waals surface area contributed by atoms with E-state index in [1.807, 2.05) is 11.9 Å². The molecule has 1 saturated heterocycles. The molecule has 1 N–H and O–H groups in total. The Morgan fingerprint density at radius 3 is 2.94 bits per heavy atom. The monoisotopic (exact) mass is 253 g/mol. The summed E-state index contributed by atoms with van der Waals surface area (Å²) in [5.41, 5.74) is -0.249. The maximum Gasteiger partial charge on any atom is 0.295 e. The van der Waals surface area contributed by atoms with Crippen LogP contribution in [0.15, 0.2) is 11.1 Å². The van der Waals surface area contributed by atoms with Crippen molar-refractivity contribution in [3.05, 3.63) is 16.7 Å². The van der Waals surface area contributed by atoms with Gasteiger partial charge in [-0.2, -0.15) is 0 Å². The zero-order valence-electron chi connectivity index (χ0n) is 10.8. The van der Waals surface area contributed by atoms with Gasteiger partial charge in [-0.15, -0.1) is 0 Å². The minimum atomic E-state index is -0.249. The number of ether oxygens (including phenoxy) is 2. The van der Waals surface area contributed by atoms with E-state index in [-0.39, 0.29) is 11.3 Å². The van der Waals surface area contributed by atoms with Crippen molar-refractivity contribution >= 4 is 5.82 Å². The fraction of sp³-hybridized carbons (Fsp3) is 0.667. The fourth-order valence-corrected chi connectivity index (χ4v) is 2.24. The smallest absolute Gasteiger partial charge is 0.295 e. The van der Waals surface area contributed by atoms with Gasteiger partial charge in [-0.3, -0.25) is 4.79 Å². The van der Waals surface area contributed by atoms with E-state index < -0.39 is 0 Å². The second-order valence-corrected chi connectivity index (χ2v) is 4.52. The number of nitrogens with zero attached hydrogens (tertiary/aromatic N) is 2. The van der Waals surface area contributed by atoms with Crippen molar-refractivity contribution in [1.29, 1.82) is 0 Å². The number of H-pyrrole nitrogens is 1. The average Bonchev–Trinajstić information content (AvgIpc) is 2.39. The quantitative estimate of drug-likeness (QED) is 0.853. The minimum absolute atomic E-state index is 0.249. The first-order chi connectivity index (χ1) is 8.72. The number of nitrogens with one attached hydrogen (secondary N) is 1. The molecule has 1 aliphatic heterocycles. The summed E-state index contributed by atoms with van der Waals surface area (Å²) < 4.78 is 10.5. The molecule has 0 atom stereocenters. The molecule has 1 fully saturated rings. The Hall–Kier alpha value is -1.56. The normalized spacial score (nSPS) is 16.6. The molecule has 0 saturated carbocycles. The molecule has 0 radical (unpaired) electrons. The molecular weight excluding hydrogens is 234 g/mol. The molecule has 100 valence electrons. The van der Waals surface area contributed by atoms with Crippen LogP contribution in [0.4, 0.5) is 5.82 Å². The number of aromatic amines is 1. The first-order valence-corrected chi connectivity index (χ1v) is 6.13. The number of hydrogen-bond acceptors (Lipinski definition) is 5. The van der Waals surface area contributed by atoms with Gasteiger partial charge in [0.2, 0.25) is 5.75 Å². The van der Waals surface area contributed by atoms with E-state index in [4.69, 9.17) is 9.47 Å². The molecule has 0 amide bonds. The lowest BCUT2D eigenvalue weighted by molar-refractivity contribution is 0.0684. The number of anilines is 1. The summed E-state index contributed by atoms with van der Waals surface area (Å²) in [6.07, 6.45) is 3.51. The van der Waals surface area contributed by atoms with Crippen molar-refractivity contribution in [3.63, 3.8) is 0 Å². The highest BCUT2D eigenvalue weighted by Crippen LogP contribution is 2.22. The Bertz CT molecular complexity index is 440. The lowest BCUT2D eigenvalue weighted by Gasteiger charge is -2.28. The molecule has 0 aromatic carbocycles. The van der Waals surface area contributed by atoms with Gasteiger partial charge in [0.1, 0.15) is 0 Å². The van der Waals surface area contributed by atoms with Crippen molar-refractivity contribution in [2.45, 2.75) is 12.8 Å². The summed E-state index contributed by atoms with van der Waals surface area (Å²) in [7, 11) is 3.41. The van der Waals surface area contributed by atoms with Gasteiger partial charge >= 0.3 is 0 Å². The summed E-state index contributed by atoms with van der Waals surface area (Å²) in [4.78, 5) is 20.3. The molecule has 0 bridgehead atoms. The molecule has 2 heterocycles. The van der Waals surface area contributed by atoms with Crippen molar-refractivity contribution < 1.29 is 9.47 Å². The predicted octanol–water partition coefficient (Wildman–Crippen LogP) is 0.641. The highest BCUT2D eigenvalue weighted by atomic mass is 16.5. The van der Waals surface area contributed by atoms with E-state index in [0.717, 1.165) is 32.6 Å². The molecule has 18 heavy (non-hydrogen) atoms. The number of aromatic nitrogens is 2. The van der Waals surface area contributed by atoms with E-state index in [0.29, 0.717) is 11.7 Å². The zero-order chi connectivity index (χ0) is 13.0. The Balaban J connectivity index is 2.10. The molecule has 0 unspecified atom stereocenters. The standard InChI is InChI=1S/C12H19N3O3/c1-15(7-9-3-5-18-6-4-9)11-10(17-2)12(16)14-8-13-11/h8-9H,3-7H2,1-2H3,(H,13,14,16). The molecule has 6 heteroatoms. The SMILES string of the molecule is COc1c(N(C)CC2CCOCC2)nc[nH]c1=O. The second-order valence-electron chi connectivity index (χ2n) is 4.52. The lowest BCUT2D eigenvalue weighted by atomic mass is 10.00. The van der Waals surface area contributed by atoms with Crippen molar-refractivity contribution in [2.75, 3.05) is 38.8 Å². The molecule has 1 aromatic rings. The largest absolute Gasteiger partial charge is 0.489 e. The number of rotatable bonds is 4. The summed E-state index contributed by atoms with van der Waals surface area (Å²) in [5.74, 6) is 1.44. The van der Waals surface area contributed by atoms with Crippen LogP contribution >= 0.6 is 0 Å². The van der Waals surface area contributed by atoms with Gasteiger partial charge in [0, 0.05) is 26.8 Å². The van der Waals surface area contributed by atoms with E-state index in [9.17, 15) is 4.79 Å². The van der Waals surface area contributed by atoms with E-state index in [1.54, 1.807) is 0 Å². The summed E-state index contributed by atoms with van der Waals surface area (Å²) in [5, 5.41) is 0. The van der Waals surface area contributed by atoms with Crippen molar-refractivity contribution in [1.82, 2.24) is 9.97 Å². The Morgan fingerprint density at radius 1 is 1.56 bits per heavy atom. The van der Waals surface area contributed by atoms with Crippen LogP contribution < -0.4 is 15.2 Å². The Morgan fingerprint density at radius 2 is 2.28 bits per heavy atom. The predicted molar refractivity (Wildman–Crippen MR) is 68.2 cm³/mol. The van der Waals surface area contributed by atoms with Gasteiger partial charge in [-0.1, -0.05) is 0 Å². The minimum Gasteiger partial charge on any atom is -0.489 e. The van der Waals surface area contributed by atoms with E-state index in [2.05, 4.69) is 9.97 Å². The van der Waals surface area contributed by atoms with Crippen LogP contribution in [-0.4, -0.2) is 43.9 Å². The maximum absolute atomic E-state index is 11.6. The van der Waals surface area contributed by atoms with Gasteiger partial charge in [0.15, 0.2) is 5.82 Å². The Labute approximate surface area is 106 Å². The van der Waals surface area contributed by atoms with Crippen LogP contribution in [0, 0.1) is 5.92 Å². The van der Waals surface area contributed by atoms with Crippen LogP contribution in [0.5, 0.6) is 5.75 Å². The molecular formula is C12H19N3O3. The first-order valence-electron chi connectivity index (χ1n) is 6.13. The van der Waals surface area contributed by atoms with Gasteiger partial charge < -0.3 is 19.4 Å². The third-order valence-corrected chi connectivity index (χ3v) is 3.23. The van der Waals surface area contributed by atoms with Gasteiger partial charge in [-0.25, -0.2) is 4.98 Å². The third kappa shape index (κ3) is 2.81. The molecule has 2 rings (SSSR count). The van der Waals surface area contributed by atoms with Gasteiger partial charge in [-0.05, 0) is 18.8 Å². The molecule has 1 aliphatic rings. The van der Waals surface area contributed by atoms with Crippen LogP contribution in [0.25, 0.3) is 0 Å². The lowest BCUT2D eigenvalue weighted by Crippen LogP contribution is -2.31. The maximum atomic E-state index is 11.6. The van der Waals surface area contributed by atoms with Gasteiger partial charge in [0.05, 0.1) is 13.4 Å². The summed E-state index contributed by atoms with van der Waals surface area (Å²) >= 11 is 0. The summed E-state index contributed by atoms with van der Waals surface area (Å²) in [6.45, 7) is 2.49. The second kappa shape index (κ2) is 5.86. The van der Waals surface area contributed by atoms with Crippen molar-refractivity contribution in [3.8, 4) is 5.75 Å². The molecule has 0 aliphatic carbocycles. The highest BCUT2D eigenvalue weighted by Gasteiger charge is 2.19. The van der Waals surface area contributed by atoms with Crippen LogP contribution in [0.1, 0.15) is 12.8 Å². The number of hydrogen-bond donors (Lipinski definition) is 1. The van der Waals surface area contributed by atoms with E-state index >= 15 is 0 Å². The third-order valence-electron chi connectivity index (χ3n) is 3.23. The molecule has 1 aromatic heterocycles. The molecule has 6 nitrogen and oxygen atoms in total. The van der Waals surface area contributed by atoms with E-state index in [1.165, 1.54) is 13.4 Å². The average molecular weight is 253 g/mol.